The van der Waals surface area contributed by atoms with E-state index in [-0.39, 0.29) is 10.7 Å². The lowest BCUT2D eigenvalue weighted by Crippen LogP contribution is -2.49. The highest BCUT2D eigenvalue weighted by atomic mass is 32.2. The van der Waals surface area contributed by atoms with E-state index in [1.807, 2.05) is 6.92 Å². The van der Waals surface area contributed by atoms with Gasteiger partial charge in [-0.25, -0.2) is 12.7 Å². The van der Waals surface area contributed by atoms with Gasteiger partial charge < -0.3 is 10.5 Å². The topological polar surface area (TPSA) is 72.6 Å². The van der Waals surface area contributed by atoms with Gasteiger partial charge in [0.2, 0.25) is 10.0 Å². The molecule has 7 heteroatoms. The van der Waals surface area contributed by atoms with Crippen LogP contribution in [0.15, 0.2) is 0 Å². The Morgan fingerprint density at radius 1 is 1.32 bits per heavy atom. The summed E-state index contributed by atoms with van der Waals surface area (Å²) in [7, 11) is -3.19. The predicted molar refractivity (Wildman–Crippen MR) is 78.5 cm³/mol. The minimum atomic E-state index is -3.19. The maximum absolute atomic E-state index is 12.5. The van der Waals surface area contributed by atoms with E-state index in [4.69, 9.17) is 22.7 Å². The quantitative estimate of drug-likeness (QED) is 0.784. The highest BCUT2D eigenvalue weighted by molar-refractivity contribution is 7.89. The van der Waals surface area contributed by atoms with Crippen LogP contribution in [0.3, 0.4) is 0 Å². The molecule has 2 saturated heterocycles. The second kappa shape index (κ2) is 5.63. The first-order chi connectivity index (χ1) is 8.86. The van der Waals surface area contributed by atoms with Gasteiger partial charge in [-0.3, -0.25) is 0 Å². The zero-order chi connectivity index (χ0) is 14.1. The number of nitrogens with zero attached hydrogens (tertiary/aromatic N) is 1. The van der Waals surface area contributed by atoms with Gasteiger partial charge in [-0.2, -0.15) is 0 Å². The minimum Gasteiger partial charge on any atom is -0.393 e. The van der Waals surface area contributed by atoms with Crippen LogP contribution in [0.1, 0.15) is 32.6 Å². The van der Waals surface area contributed by atoms with Crippen molar-refractivity contribution in [3.63, 3.8) is 0 Å². The Morgan fingerprint density at radius 2 is 1.84 bits per heavy atom. The molecular weight excluding hydrogens is 284 g/mol. The van der Waals surface area contributed by atoms with Crippen LogP contribution >= 0.6 is 12.2 Å². The molecule has 0 amide bonds. The Kier molecular flexibility index (Phi) is 4.49. The van der Waals surface area contributed by atoms with Gasteiger partial charge >= 0.3 is 0 Å². The Balaban J connectivity index is 2.02. The lowest BCUT2D eigenvalue weighted by atomic mass is 9.81. The first-order valence-corrected chi connectivity index (χ1v) is 8.64. The number of rotatable bonds is 3. The van der Waals surface area contributed by atoms with Crippen molar-refractivity contribution in [1.29, 1.82) is 0 Å². The fourth-order valence-electron chi connectivity index (χ4n) is 2.67. The number of hydrogen-bond donors (Lipinski definition) is 1. The Hall–Kier alpha value is -0.240. The normalized spacial score (nSPS) is 26.2. The summed E-state index contributed by atoms with van der Waals surface area (Å²) in [6.45, 7) is 4.15. The maximum Gasteiger partial charge on any atom is 0.217 e. The number of hydrogen-bond acceptors (Lipinski definition) is 4. The van der Waals surface area contributed by atoms with Crippen molar-refractivity contribution < 1.29 is 13.2 Å². The van der Waals surface area contributed by atoms with Gasteiger partial charge in [0.1, 0.15) is 0 Å². The molecule has 2 rings (SSSR count). The van der Waals surface area contributed by atoms with Crippen molar-refractivity contribution in [3.8, 4) is 0 Å². The molecule has 2 heterocycles. The van der Waals surface area contributed by atoms with E-state index in [1.165, 1.54) is 0 Å². The lowest BCUT2D eigenvalue weighted by Gasteiger charge is -2.39. The van der Waals surface area contributed by atoms with E-state index < -0.39 is 10.0 Å². The predicted octanol–water partition coefficient (Wildman–Crippen LogP) is 0.883. The zero-order valence-electron chi connectivity index (χ0n) is 11.3. The van der Waals surface area contributed by atoms with Crippen LogP contribution in [0, 0.1) is 5.41 Å². The van der Waals surface area contributed by atoms with E-state index in [0.717, 1.165) is 0 Å². The van der Waals surface area contributed by atoms with Gasteiger partial charge in [0.25, 0.3) is 0 Å². The van der Waals surface area contributed by atoms with Crippen LogP contribution in [0.2, 0.25) is 0 Å². The van der Waals surface area contributed by atoms with Crippen molar-refractivity contribution in [2.24, 2.45) is 11.1 Å². The van der Waals surface area contributed by atoms with Crippen LogP contribution in [-0.4, -0.2) is 49.3 Å². The van der Waals surface area contributed by atoms with Crippen molar-refractivity contribution in [1.82, 2.24) is 4.31 Å². The Labute approximate surface area is 120 Å². The number of ether oxygens (including phenoxy) is 1. The molecule has 2 aliphatic heterocycles. The molecule has 0 aromatic carbocycles. The zero-order valence-corrected chi connectivity index (χ0v) is 12.9. The van der Waals surface area contributed by atoms with Gasteiger partial charge in [-0.1, -0.05) is 19.1 Å². The van der Waals surface area contributed by atoms with Gasteiger partial charge in [0.15, 0.2) is 0 Å². The molecule has 2 N–H and O–H groups in total. The first-order valence-electron chi connectivity index (χ1n) is 6.73. The van der Waals surface area contributed by atoms with Crippen molar-refractivity contribution in [2.45, 2.75) is 37.9 Å². The van der Waals surface area contributed by atoms with E-state index in [0.29, 0.717) is 57.0 Å². The molecule has 0 spiro atoms. The van der Waals surface area contributed by atoms with Crippen LogP contribution in [0.5, 0.6) is 0 Å². The summed E-state index contributed by atoms with van der Waals surface area (Å²) in [4.78, 5) is 0.496. The van der Waals surface area contributed by atoms with Crippen molar-refractivity contribution in [3.05, 3.63) is 0 Å². The van der Waals surface area contributed by atoms with E-state index in [9.17, 15) is 8.42 Å². The van der Waals surface area contributed by atoms with Gasteiger partial charge in [-0.05, 0) is 25.7 Å². The van der Waals surface area contributed by atoms with Crippen molar-refractivity contribution >= 4 is 27.2 Å². The molecular formula is C12H22N2O3S2. The lowest BCUT2D eigenvalue weighted by molar-refractivity contribution is 0.0966. The molecule has 0 aromatic heterocycles. The molecule has 0 bridgehead atoms. The summed E-state index contributed by atoms with van der Waals surface area (Å²) < 4.78 is 31.9. The molecule has 5 nitrogen and oxygen atoms in total. The summed E-state index contributed by atoms with van der Waals surface area (Å²) in [6.07, 6.45) is 2.63. The van der Waals surface area contributed by atoms with Gasteiger partial charge in [0.05, 0.1) is 10.2 Å². The molecule has 2 aliphatic rings. The maximum atomic E-state index is 12.5. The first kappa shape index (κ1) is 15.2. The fourth-order valence-corrected chi connectivity index (χ4v) is 4.77. The number of nitrogens with two attached hydrogens (primary N) is 1. The fraction of sp³-hybridized carbons (Fsp3) is 0.917. The summed E-state index contributed by atoms with van der Waals surface area (Å²) in [5.41, 5.74) is 5.55. The largest absolute Gasteiger partial charge is 0.393 e. The SMILES string of the molecule is CC1(C(N)=S)CCN(S(=O)(=O)C2CCOCC2)CC1. The highest BCUT2D eigenvalue weighted by Crippen LogP contribution is 2.33. The standard InChI is InChI=1S/C12H22N2O3S2/c1-12(11(13)18)4-6-14(7-5-12)19(15,16)10-2-8-17-9-3-10/h10H,2-9H2,1H3,(H2,13,18). The smallest absolute Gasteiger partial charge is 0.217 e. The number of sulfonamides is 1. The molecule has 0 saturated carbocycles. The summed E-state index contributed by atoms with van der Waals surface area (Å²) in [5.74, 6) is 0. The third kappa shape index (κ3) is 3.09. The van der Waals surface area contributed by atoms with E-state index in [2.05, 4.69) is 0 Å². The second-order valence-electron chi connectivity index (χ2n) is 5.68. The Bertz CT molecular complexity index is 436. The third-order valence-corrected chi connectivity index (χ3v) is 7.26. The van der Waals surface area contributed by atoms with Crippen LogP contribution < -0.4 is 5.73 Å². The molecule has 0 unspecified atom stereocenters. The average molecular weight is 306 g/mol. The molecule has 0 radical (unpaired) electrons. The highest BCUT2D eigenvalue weighted by Gasteiger charge is 2.39. The Morgan fingerprint density at radius 3 is 2.32 bits per heavy atom. The van der Waals surface area contributed by atoms with Gasteiger partial charge in [-0.15, -0.1) is 0 Å². The molecule has 0 atom stereocenters. The second-order valence-corrected chi connectivity index (χ2v) is 8.33. The molecule has 0 aliphatic carbocycles. The molecule has 19 heavy (non-hydrogen) atoms. The molecule has 110 valence electrons. The van der Waals surface area contributed by atoms with Crippen LogP contribution in [0.4, 0.5) is 0 Å². The van der Waals surface area contributed by atoms with Crippen molar-refractivity contribution in [2.75, 3.05) is 26.3 Å². The third-order valence-electron chi connectivity index (χ3n) is 4.37. The van der Waals surface area contributed by atoms with Gasteiger partial charge in [0, 0.05) is 31.7 Å². The van der Waals surface area contributed by atoms with Crippen LogP contribution in [0.25, 0.3) is 0 Å². The number of piperidine rings is 1. The average Bonchev–Trinajstić information content (AvgIpc) is 2.40. The van der Waals surface area contributed by atoms with Crippen LogP contribution in [-0.2, 0) is 14.8 Å². The van der Waals surface area contributed by atoms with E-state index >= 15 is 0 Å². The minimum absolute atomic E-state index is 0.197. The molecule has 2 fully saturated rings. The number of thiocarbonyl (C=S) groups is 1. The van der Waals surface area contributed by atoms with E-state index in [1.54, 1.807) is 4.31 Å². The summed E-state index contributed by atoms with van der Waals surface area (Å²) in [5, 5.41) is -0.282. The summed E-state index contributed by atoms with van der Waals surface area (Å²) >= 11 is 5.08. The monoisotopic (exact) mass is 306 g/mol. The summed E-state index contributed by atoms with van der Waals surface area (Å²) in [6, 6.07) is 0. The molecule has 0 aromatic rings.